The van der Waals surface area contributed by atoms with Gasteiger partial charge >= 0.3 is 0 Å². The van der Waals surface area contributed by atoms with Crippen LogP contribution in [0.25, 0.3) is 0 Å². The smallest absolute Gasteiger partial charge is 0.191 e. The highest BCUT2D eigenvalue weighted by Crippen LogP contribution is 2.26. The molecule has 0 radical (unpaired) electrons. The molecular formula is C21H38IN5. The summed E-state index contributed by atoms with van der Waals surface area (Å²) in [5, 5.41) is 6.91. The van der Waals surface area contributed by atoms with Gasteiger partial charge in [-0.05, 0) is 52.8 Å². The SMILES string of the molecule is CN=C(NCCC(C)N(C)Cc1ccccc1)NCC(C)N(C)C1CC1.I. The first-order valence-electron chi connectivity index (χ1n) is 9.92. The first-order valence-corrected chi connectivity index (χ1v) is 9.92. The first-order chi connectivity index (χ1) is 12.5. The van der Waals surface area contributed by atoms with Crippen molar-refractivity contribution < 1.29 is 0 Å². The molecule has 0 amide bonds. The van der Waals surface area contributed by atoms with Crippen molar-refractivity contribution in [3.8, 4) is 0 Å². The molecule has 5 nitrogen and oxygen atoms in total. The lowest BCUT2D eigenvalue weighted by atomic mass is 10.1. The number of hydrogen-bond donors (Lipinski definition) is 2. The van der Waals surface area contributed by atoms with E-state index in [-0.39, 0.29) is 24.0 Å². The van der Waals surface area contributed by atoms with E-state index in [2.05, 4.69) is 83.7 Å². The van der Waals surface area contributed by atoms with Crippen LogP contribution < -0.4 is 10.6 Å². The third kappa shape index (κ3) is 8.79. The highest BCUT2D eigenvalue weighted by Gasteiger charge is 2.28. The molecule has 2 N–H and O–H groups in total. The van der Waals surface area contributed by atoms with Gasteiger partial charge in [0.1, 0.15) is 0 Å². The molecule has 0 spiro atoms. The highest BCUT2D eigenvalue weighted by atomic mass is 127. The number of rotatable bonds is 10. The van der Waals surface area contributed by atoms with Gasteiger partial charge in [-0.3, -0.25) is 14.8 Å². The van der Waals surface area contributed by atoms with Gasteiger partial charge in [0.05, 0.1) is 0 Å². The van der Waals surface area contributed by atoms with Gasteiger partial charge in [-0.2, -0.15) is 0 Å². The molecule has 0 saturated heterocycles. The number of likely N-dealkylation sites (N-methyl/N-ethyl adjacent to an activating group) is 1. The minimum atomic E-state index is 0. The summed E-state index contributed by atoms with van der Waals surface area (Å²) in [4.78, 5) is 9.23. The average molecular weight is 487 g/mol. The zero-order valence-electron chi connectivity index (χ0n) is 17.6. The van der Waals surface area contributed by atoms with Crippen LogP contribution in [0, 0.1) is 0 Å². The van der Waals surface area contributed by atoms with E-state index in [9.17, 15) is 0 Å². The molecule has 1 aliphatic rings. The van der Waals surface area contributed by atoms with E-state index in [0.29, 0.717) is 12.1 Å². The van der Waals surface area contributed by atoms with Crippen molar-refractivity contribution in [1.82, 2.24) is 20.4 Å². The molecule has 1 saturated carbocycles. The third-order valence-electron chi connectivity index (χ3n) is 5.49. The molecule has 2 rings (SSSR count). The Balaban J connectivity index is 0.00000364. The van der Waals surface area contributed by atoms with Gasteiger partial charge in [0, 0.05) is 44.8 Å². The van der Waals surface area contributed by atoms with Crippen LogP contribution in [0.3, 0.4) is 0 Å². The Morgan fingerprint density at radius 3 is 2.37 bits per heavy atom. The van der Waals surface area contributed by atoms with Crippen LogP contribution in [-0.2, 0) is 6.54 Å². The zero-order valence-corrected chi connectivity index (χ0v) is 19.9. The Morgan fingerprint density at radius 1 is 1.11 bits per heavy atom. The number of halogens is 1. The standard InChI is InChI=1S/C21H37N5.HI/c1-17(25(4)16-19-9-7-6-8-10-19)13-14-23-21(22-3)24-15-18(2)26(5)20-11-12-20;/h6-10,17-18,20H,11-16H2,1-5H3,(H2,22,23,24);1H. The number of hydrogen-bond acceptors (Lipinski definition) is 3. The van der Waals surface area contributed by atoms with Gasteiger partial charge in [-0.25, -0.2) is 0 Å². The van der Waals surface area contributed by atoms with Gasteiger partial charge in [-0.1, -0.05) is 30.3 Å². The molecule has 0 aliphatic heterocycles. The van der Waals surface area contributed by atoms with E-state index in [4.69, 9.17) is 0 Å². The predicted molar refractivity (Wildman–Crippen MR) is 127 cm³/mol. The van der Waals surface area contributed by atoms with Crippen LogP contribution in [0.1, 0.15) is 38.7 Å². The maximum absolute atomic E-state index is 4.35. The monoisotopic (exact) mass is 487 g/mol. The lowest BCUT2D eigenvalue weighted by Crippen LogP contribution is -2.46. The van der Waals surface area contributed by atoms with Crippen molar-refractivity contribution >= 4 is 29.9 Å². The minimum absolute atomic E-state index is 0. The van der Waals surface area contributed by atoms with Crippen LogP contribution in [0.5, 0.6) is 0 Å². The predicted octanol–water partition coefficient (Wildman–Crippen LogP) is 3.16. The molecule has 0 bridgehead atoms. The maximum Gasteiger partial charge on any atom is 0.191 e. The van der Waals surface area contributed by atoms with Crippen LogP contribution in [-0.4, -0.2) is 68.1 Å². The summed E-state index contributed by atoms with van der Waals surface area (Å²) in [6.07, 6.45) is 3.78. The van der Waals surface area contributed by atoms with Crippen molar-refractivity contribution in [1.29, 1.82) is 0 Å². The summed E-state index contributed by atoms with van der Waals surface area (Å²) >= 11 is 0. The van der Waals surface area contributed by atoms with E-state index < -0.39 is 0 Å². The van der Waals surface area contributed by atoms with Gasteiger partial charge < -0.3 is 10.6 Å². The molecule has 2 unspecified atom stereocenters. The number of nitrogens with zero attached hydrogens (tertiary/aromatic N) is 3. The topological polar surface area (TPSA) is 42.9 Å². The van der Waals surface area contributed by atoms with Crippen molar-refractivity contribution in [3.05, 3.63) is 35.9 Å². The Bertz CT molecular complexity index is 547. The fourth-order valence-electron chi connectivity index (χ4n) is 3.10. The number of guanidine groups is 1. The third-order valence-corrected chi connectivity index (χ3v) is 5.49. The summed E-state index contributed by atoms with van der Waals surface area (Å²) in [5.74, 6) is 0.902. The lowest BCUT2D eigenvalue weighted by Gasteiger charge is -2.26. The summed E-state index contributed by atoms with van der Waals surface area (Å²) in [6, 6.07) is 12.5. The van der Waals surface area contributed by atoms with Crippen LogP contribution >= 0.6 is 24.0 Å². The maximum atomic E-state index is 4.35. The van der Waals surface area contributed by atoms with E-state index in [1.54, 1.807) is 0 Å². The largest absolute Gasteiger partial charge is 0.356 e. The van der Waals surface area contributed by atoms with Crippen molar-refractivity contribution in [2.75, 3.05) is 34.2 Å². The number of aliphatic imine (C=N–C) groups is 1. The number of benzene rings is 1. The molecule has 154 valence electrons. The second-order valence-corrected chi connectivity index (χ2v) is 7.66. The van der Waals surface area contributed by atoms with Gasteiger partial charge in [0.2, 0.25) is 0 Å². The molecule has 2 atom stereocenters. The second kappa shape index (κ2) is 12.6. The average Bonchev–Trinajstić information content (AvgIpc) is 3.49. The van der Waals surface area contributed by atoms with Gasteiger partial charge in [-0.15, -0.1) is 24.0 Å². The molecule has 1 aromatic rings. The van der Waals surface area contributed by atoms with E-state index >= 15 is 0 Å². The Hall–Kier alpha value is -0.860. The first kappa shape index (κ1) is 24.2. The second-order valence-electron chi connectivity index (χ2n) is 7.66. The van der Waals surface area contributed by atoms with E-state index in [1.165, 1.54) is 18.4 Å². The fraction of sp³-hybridized carbons (Fsp3) is 0.667. The van der Waals surface area contributed by atoms with Crippen LogP contribution in [0.2, 0.25) is 0 Å². The summed E-state index contributed by atoms with van der Waals surface area (Å²) in [6.45, 7) is 7.40. The van der Waals surface area contributed by atoms with Gasteiger partial charge in [0.15, 0.2) is 5.96 Å². The molecular weight excluding hydrogens is 449 g/mol. The molecule has 1 fully saturated rings. The molecule has 1 aromatic carbocycles. The highest BCUT2D eigenvalue weighted by molar-refractivity contribution is 14.0. The fourth-order valence-corrected chi connectivity index (χ4v) is 3.10. The van der Waals surface area contributed by atoms with Crippen molar-refractivity contribution in [2.45, 2.75) is 57.8 Å². The molecule has 0 aromatic heterocycles. The number of nitrogens with one attached hydrogen (secondary N) is 2. The quantitative estimate of drug-likeness (QED) is 0.302. The van der Waals surface area contributed by atoms with Crippen molar-refractivity contribution in [3.63, 3.8) is 0 Å². The molecule has 0 heterocycles. The van der Waals surface area contributed by atoms with E-state index in [0.717, 1.165) is 38.1 Å². The summed E-state index contributed by atoms with van der Waals surface area (Å²) in [5.41, 5.74) is 1.36. The van der Waals surface area contributed by atoms with Crippen LogP contribution in [0.15, 0.2) is 35.3 Å². The van der Waals surface area contributed by atoms with Crippen molar-refractivity contribution in [2.24, 2.45) is 4.99 Å². The Labute approximate surface area is 183 Å². The summed E-state index contributed by atoms with van der Waals surface area (Å²) in [7, 11) is 6.26. The van der Waals surface area contributed by atoms with Crippen LogP contribution in [0.4, 0.5) is 0 Å². The molecule has 27 heavy (non-hydrogen) atoms. The molecule has 1 aliphatic carbocycles. The zero-order chi connectivity index (χ0) is 18.9. The molecule has 6 heteroatoms. The van der Waals surface area contributed by atoms with Gasteiger partial charge in [0.25, 0.3) is 0 Å². The van der Waals surface area contributed by atoms with E-state index in [1.807, 2.05) is 7.05 Å². The normalized spacial score (nSPS) is 16.8. The Morgan fingerprint density at radius 2 is 1.78 bits per heavy atom. The minimum Gasteiger partial charge on any atom is -0.356 e. The summed E-state index contributed by atoms with van der Waals surface area (Å²) < 4.78 is 0. The Kier molecular flexibility index (Phi) is 11.3. The lowest BCUT2D eigenvalue weighted by molar-refractivity contribution is 0.238.